The van der Waals surface area contributed by atoms with Crippen LogP contribution in [0.5, 0.6) is 0 Å². The van der Waals surface area contributed by atoms with Gasteiger partial charge in [0.15, 0.2) is 0 Å². The molecule has 0 amide bonds. The van der Waals surface area contributed by atoms with E-state index < -0.39 is 15.6 Å². The molecule has 0 rings (SSSR count). The third kappa shape index (κ3) is 36.0. The van der Waals surface area contributed by atoms with Crippen molar-refractivity contribution in [3.05, 3.63) is 0 Å². The third-order valence-electron chi connectivity index (χ3n) is 0.632. The molecule has 0 aromatic carbocycles. The average molecular weight is 345 g/mol. The molecule has 108 valence electrons. The van der Waals surface area contributed by atoms with Gasteiger partial charge < -0.3 is 19.6 Å². The molecule has 0 atom stereocenters. The fourth-order valence-electron chi connectivity index (χ4n) is 0.243. The van der Waals surface area contributed by atoms with Crippen molar-refractivity contribution in [1.82, 2.24) is 0 Å². The van der Waals surface area contributed by atoms with Crippen LogP contribution in [0, 0.1) is 24.7 Å². The molecule has 0 fully saturated rings. The summed E-state index contributed by atoms with van der Waals surface area (Å²) < 4.78 is 27.2. The molecule has 12 heteroatoms. The van der Waals surface area contributed by atoms with Gasteiger partial charge in [-0.3, -0.25) is 9.05 Å². The van der Waals surface area contributed by atoms with Crippen LogP contribution in [0.3, 0.4) is 0 Å². The summed E-state index contributed by atoms with van der Waals surface area (Å²) in [7, 11) is -8.65. The first-order valence-electron chi connectivity index (χ1n) is 3.39. The highest BCUT2D eigenvalue weighted by Gasteiger charge is 2.11. The molecule has 0 aliphatic carbocycles. The van der Waals surface area contributed by atoms with Gasteiger partial charge in [0, 0.05) is 0 Å². The van der Waals surface area contributed by atoms with Gasteiger partial charge in [-0.1, -0.05) is 11.8 Å². The van der Waals surface area contributed by atoms with Crippen molar-refractivity contribution in [2.24, 2.45) is 0 Å². The number of phosphoric ester groups is 2. The molecule has 0 aromatic heterocycles. The monoisotopic (exact) mass is 344 g/mol. The smallest absolute Gasteiger partial charge is 0.303 e. The van der Waals surface area contributed by atoms with Crippen LogP contribution in [-0.4, -0.2) is 32.8 Å². The molecule has 0 heterocycles. The molecule has 0 aliphatic heterocycles. The Morgan fingerprint density at radius 2 is 1.06 bits per heavy atom. The quantitative estimate of drug-likeness (QED) is 0.422. The maximum absolute atomic E-state index is 9.77. The summed E-state index contributed by atoms with van der Waals surface area (Å²) >= 11 is 0. The molecule has 18 heavy (non-hydrogen) atoms. The summed E-state index contributed by atoms with van der Waals surface area (Å²) in [4.78, 5) is 31.8. The maximum Gasteiger partial charge on any atom is 0.470 e. The average Bonchev–Trinajstić information content (AvgIpc) is 2.10. The molecule has 0 aliphatic rings. The van der Waals surface area contributed by atoms with Gasteiger partial charge in [-0.05, 0) is 0 Å². The van der Waals surface area contributed by atoms with Gasteiger partial charge in [0.1, 0.15) is 13.2 Å². The summed E-state index contributed by atoms with van der Waals surface area (Å²) in [5.41, 5.74) is 0. The van der Waals surface area contributed by atoms with E-state index in [0.717, 1.165) is 0 Å². The van der Waals surface area contributed by atoms with Crippen LogP contribution < -0.4 is 0 Å². The highest BCUT2D eigenvalue weighted by Crippen LogP contribution is 2.35. The van der Waals surface area contributed by atoms with E-state index in [1.54, 1.807) is 0 Å². The first-order chi connectivity index (χ1) is 7.12. The summed E-state index contributed by atoms with van der Waals surface area (Å²) in [6, 6.07) is 0. The van der Waals surface area contributed by atoms with Gasteiger partial charge >= 0.3 is 15.6 Å². The first kappa shape index (κ1) is 26.5. The second kappa shape index (κ2) is 13.4. The van der Waals surface area contributed by atoms with Gasteiger partial charge in [-0.25, -0.2) is 9.13 Å². The summed E-state index contributed by atoms with van der Waals surface area (Å²) in [5.74, 6) is 3.82. The predicted octanol–water partition coefficient (Wildman–Crippen LogP) is 0.301. The zero-order valence-corrected chi connectivity index (χ0v) is 12.1. The Balaban J connectivity index is -0.0000000980. The first-order valence-corrected chi connectivity index (χ1v) is 6.45. The fourth-order valence-corrected chi connectivity index (χ4v) is 0.728. The van der Waals surface area contributed by atoms with Crippen LogP contribution in [0.25, 0.3) is 0 Å². The molecular formula is C6H12Cl2O8P2. The molecule has 0 saturated carbocycles. The summed E-state index contributed by atoms with van der Waals surface area (Å²) in [6.07, 6.45) is 9.23. The van der Waals surface area contributed by atoms with Gasteiger partial charge in [-0.2, -0.15) is 0 Å². The predicted molar refractivity (Wildman–Crippen MR) is 68.2 cm³/mol. The number of rotatable bonds is 4. The van der Waals surface area contributed by atoms with Crippen molar-refractivity contribution in [1.29, 1.82) is 0 Å². The van der Waals surface area contributed by atoms with E-state index in [2.05, 4.69) is 21.9 Å². The minimum atomic E-state index is -4.32. The fraction of sp³-hybridized carbons (Fsp3) is 0.333. The van der Waals surface area contributed by atoms with Crippen molar-refractivity contribution in [3.8, 4) is 24.7 Å². The Morgan fingerprint density at radius 1 is 0.833 bits per heavy atom. The van der Waals surface area contributed by atoms with Crippen LogP contribution in [0.4, 0.5) is 0 Å². The van der Waals surface area contributed by atoms with E-state index in [4.69, 9.17) is 19.6 Å². The van der Waals surface area contributed by atoms with Gasteiger partial charge in [0.05, 0.1) is 0 Å². The minimum absolute atomic E-state index is 0. The minimum Gasteiger partial charge on any atom is -0.303 e. The molecule has 0 bridgehead atoms. The molecule has 0 saturated heterocycles. The summed E-state index contributed by atoms with van der Waals surface area (Å²) in [5, 5.41) is 0. The molecule has 0 radical (unpaired) electrons. The van der Waals surface area contributed by atoms with E-state index in [0.29, 0.717) is 0 Å². The van der Waals surface area contributed by atoms with Crippen LogP contribution in [0.2, 0.25) is 0 Å². The largest absolute Gasteiger partial charge is 0.470 e. The lowest BCUT2D eigenvalue weighted by Gasteiger charge is -1.97. The standard InChI is InChI=1S/2C3H5O4P.2ClH/c2*1-2-3-7-8(4,5)6;;/h2*1H,3H2,(H2,4,5,6);2*1H. The molecule has 4 N–H and O–H groups in total. The van der Waals surface area contributed by atoms with E-state index in [-0.39, 0.29) is 38.0 Å². The van der Waals surface area contributed by atoms with Crippen LogP contribution in [0.15, 0.2) is 0 Å². The van der Waals surface area contributed by atoms with Gasteiger partial charge in [0.2, 0.25) is 0 Å². The summed E-state index contributed by atoms with van der Waals surface area (Å²) in [6.45, 7) is -0.714. The Bertz CT molecular complexity index is 325. The van der Waals surface area contributed by atoms with Gasteiger partial charge in [-0.15, -0.1) is 37.7 Å². The van der Waals surface area contributed by atoms with Crippen molar-refractivity contribution < 1.29 is 37.8 Å². The number of hydrogen-bond donors (Lipinski definition) is 4. The Kier molecular flexibility index (Phi) is 19.6. The van der Waals surface area contributed by atoms with E-state index in [1.807, 2.05) is 11.8 Å². The molecule has 0 spiro atoms. The second-order valence-corrected chi connectivity index (χ2v) is 4.41. The number of terminal acetylenes is 2. The maximum atomic E-state index is 9.77. The molecular weight excluding hydrogens is 333 g/mol. The molecule has 0 unspecified atom stereocenters. The highest BCUT2D eigenvalue weighted by atomic mass is 35.5. The zero-order valence-electron chi connectivity index (χ0n) is 8.70. The van der Waals surface area contributed by atoms with Crippen molar-refractivity contribution in [3.63, 3.8) is 0 Å². The Morgan fingerprint density at radius 3 is 1.11 bits per heavy atom. The van der Waals surface area contributed by atoms with Crippen LogP contribution in [-0.2, 0) is 18.2 Å². The molecule has 8 nitrogen and oxygen atoms in total. The molecule has 0 aromatic rings. The highest BCUT2D eigenvalue weighted by molar-refractivity contribution is 7.46. The van der Waals surface area contributed by atoms with E-state index in [1.165, 1.54) is 0 Å². The SMILES string of the molecule is C#CCOP(=O)(O)O.C#CCOP(=O)(O)O.Cl.Cl. The van der Waals surface area contributed by atoms with Crippen molar-refractivity contribution in [2.45, 2.75) is 0 Å². The zero-order chi connectivity index (χ0) is 13.2. The van der Waals surface area contributed by atoms with Crippen LogP contribution in [0.1, 0.15) is 0 Å². The van der Waals surface area contributed by atoms with E-state index >= 15 is 0 Å². The van der Waals surface area contributed by atoms with Crippen molar-refractivity contribution in [2.75, 3.05) is 13.2 Å². The lowest BCUT2D eigenvalue weighted by molar-refractivity contribution is 0.217. The van der Waals surface area contributed by atoms with E-state index in [9.17, 15) is 9.13 Å². The number of halogens is 2. The van der Waals surface area contributed by atoms with Gasteiger partial charge in [0.25, 0.3) is 0 Å². The third-order valence-corrected chi connectivity index (χ3v) is 1.56. The van der Waals surface area contributed by atoms with Crippen molar-refractivity contribution >= 4 is 40.5 Å². The number of phosphoric acid groups is 2. The lowest BCUT2D eigenvalue weighted by atomic mass is 10.8. The Labute approximate surface area is 116 Å². The Hall–Kier alpha value is -0.0800. The number of hydrogen-bond acceptors (Lipinski definition) is 4. The lowest BCUT2D eigenvalue weighted by Crippen LogP contribution is -1.86. The van der Waals surface area contributed by atoms with Crippen LogP contribution >= 0.6 is 40.5 Å². The second-order valence-electron chi connectivity index (χ2n) is 1.94. The normalized spacial score (nSPS) is 9.44. The topological polar surface area (TPSA) is 134 Å².